The molecule has 17 heavy (non-hydrogen) atoms. The van der Waals surface area contributed by atoms with Gasteiger partial charge in [-0.2, -0.15) is 0 Å². The van der Waals surface area contributed by atoms with E-state index in [0.29, 0.717) is 5.69 Å². The number of aryl methyl sites for hydroxylation is 3. The third kappa shape index (κ3) is 2.53. The highest BCUT2D eigenvalue weighted by atomic mass is 16.3. The van der Waals surface area contributed by atoms with Gasteiger partial charge in [0.1, 0.15) is 6.10 Å². The summed E-state index contributed by atoms with van der Waals surface area (Å²) >= 11 is 0. The minimum atomic E-state index is -0.644. The van der Waals surface area contributed by atoms with E-state index in [4.69, 9.17) is 0 Å². The molecule has 0 aliphatic carbocycles. The first-order chi connectivity index (χ1) is 8.08. The van der Waals surface area contributed by atoms with Gasteiger partial charge < -0.3 is 5.11 Å². The first-order valence-electron chi connectivity index (χ1n) is 5.76. The lowest BCUT2D eigenvalue weighted by atomic mass is 10.0. The summed E-state index contributed by atoms with van der Waals surface area (Å²) in [7, 11) is 0. The molecule has 0 spiro atoms. The van der Waals surface area contributed by atoms with Crippen LogP contribution in [0, 0.1) is 20.8 Å². The summed E-state index contributed by atoms with van der Waals surface area (Å²) in [6.07, 6.45) is -0.644. The molecule has 2 aromatic rings. The fraction of sp³-hybridized carbons (Fsp3) is 0.267. The lowest BCUT2D eigenvalue weighted by molar-refractivity contribution is 0.215. The SMILES string of the molecule is Cc1cccc(C(O)c2ccc(C)c(C)c2)n1. The van der Waals surface area contributed by atoms with Crippen LogP contribution in [0.1, 0.15) is 34.2 Å². The third-order valence-electron chi connectivity index (χ3n) is 3.04. The fourth-order valence-electron chi connectivity index (χ4n) is 1.82. The Labute approximate surface area is 102 Å². The van der Waals surface area contributed by atoms with Crippen LogP contribution in [0.25, 0.3) is 0 Å². The second-order valence-electron chi connectivity index (χ2n) is 4.45. The van der Waals surface area contributed by atoms with Crippen molar-refractivity contribution in [3.05, 3.63) is 64.5 Å². The number of hydrogen-bond acceptors (Lipinski definition) is 2. The van der Waals surface area contributed by atoms with Gasteiger partial charge in [0.15, 0.2) is 0 Å². The summed E-state index contributed by atoms with van der Waals surface area (Å²) in [6.45, 7) is 6.04. The Morgan fingerprint density at radius 3 is 2.41 bits per heavy atom. The molecule has 1 aromatic heterocycles. The Bertz CT molecular complexity index is 534. The van der Waals surface area contributed by atoms with E-state index < -0.39 is 6.10 Å². The van der Waals surface area contributed by atoms with Crippen molar-refractivity contribution in [1.82, 2.24) is 4.98 Å². The molecule has 0 fully saturated rings. The molecular formula is C15H17NO. The Hall–Kier alpha value is -1.67. The molecule has 1 atom stereocenters. The summed E-state index contributed by atoms with van der Waals surface area (Å²) in [4.78, 5) is 4.35. The van der Waals surface area contributed by atoms with Gasteiger partial charge in [0.25, 0.3) is 0 Å². The van der Waals surface area contributed by atoms with Crippen molar-refractivity contribution in [1.29, 1.82) is 0 Å². The van der Waals surface area contributed by atoms with E-state index in [9.17, 15) is 5.11 Å². The van der Waals surface area contributed by atoms with Crippen molar-refractivity contribution in [2.45, 2.75) is 26.9 Å². The number of benzene rings is 1. The second-order valence-corrected chi connectivity index (χ2v) is 4.45. The van der Waals surface area contributed by atoms with Crippen molar-refractivity contribution in [2.75, 3.05) is 0 Å². The minimum absolute atomic E-state index is 0.644. The van der Waals surface area contributed by atoms with Gasteiger partial charge in [-0.3, -0.25) is 4.98 Å². The fourth-order valence-corrected chi connectivity index (χ4v) is 1.82. The molecule has 0 saturated carbocycles. The summed E-state index contributed by atoms with van der Waals surface area (Å²) in [5, 5.41) is 10.3. The summed E-state index contributed by atoms with van der Waals surface area (Å²) < 4.78 is 0. The van der Waals surface area contributed by atoms with Crippen molar-refractivity contribution in [3.8, 4) is 0 Å². The Kier molecular flexibility index (Phi) is 3.25. The van der Waals surface area contributed by atoms with Crippen molar-refractivity contribution in [2.24, 2.45) is 0 Å². The van der Waals surface area contributed by atoms with E-state index in [1.54, 1.807) is 0 Å². The predicted molar refractivity (Wildman–Crippen MR) is 69.0 cm³/mol. The molecule has 2 rings (SSSR count). The van der Waals surface area contributed by atoms with Crippen molar-refractivity contribution < 1.29 is 5.11 Å². The summed E-state index contributed by atoms with van der Waals surface area (Å²) in [6, 6.07) is 11.7. The molecule has 1 heterocycles. The zero-order chi connectivity index (χ0) is 12.4. The largest absolute Gasteiger partial charge is 0.382 e. The van der Waals surface area contributed by atoms with Gasteiger partial charge in [0.05, 0.1) is 5.69 Å². The van der Waals surface area contributed by atoms with Crippen LogP contribution < -0.4 is 0 Å². The number of pyridine rings is 1. The molecule has 0 saturated heterocycles. The van der Waals surface area contributed by atoms with Crippen LogP contribution in [-0.2, 0) is 0 Å². The molecule has 0 aliphatic heterocycles. The molecule has 0 radical (unpaired) electrons. The van der Waals surface area contributed by atoms with E-state index >= 15 is 0 Å². The van der Waals surface area contributed by atoms with Gasteiger partial charge in [-0.1, -0.05) is 24.3 Å². The first kappa shape index (κ1) is 11.8. The Morgan fingerprint density at radius 2 is 1.76 bits per heavy atom. The number of aromatic nitrogens is 1. The molecule has 0 bridgehead atoms. The number of hydrogen-bond donors (Lipinski definition) is 1. The minimum Gasteiger partial charge on any atom is -0.382 e. The maximum atomic E-state index is 10.3. The van der Waals surface area contributed by atoms with Crippen LogP contribution in [0.4, 0.5) is 0 Å². The highest BCUT2D eigenvalue weighted by molar-refractivity contribution is 5.34. The van der Waals surface area contributed by atoms with E-state index in [2.05, 4.69) is 18.8 Å². The molecule has 0 amide bonds. The highest BCUT2D eigenvalue weighted by Crippen LogP contribution is 2.22. The predicted octanol–water partition coefficient (Wildman–Crippen LogP) is 3.09. The Balaban J connectivity index is 2.36. The maximum Gasteiger partial charge on any atom is 0.121 e. The third-order valence-corrected chi connectivity index (χ3v) is 3.04. The normalized spacial score (nSPS) is 12.5. The summed E-state index contributed by atoms with van der Waals surface area (Å²) in [5.74, 6) is 0. The molecule has 88 valence electrons. The van der Waals surface area contributed by atoms with Gasteiger partial charge >= 0.3 is 0 Å². The number of rotatable bonds is 2. The van der Waals surface area contributed by atoms with Gasteiger partial charge in [-0.25, -0.2) is 0 Å². The van der Waals surface area contributed by atoms with Crippen LogP contribution in [-0.4, -0.2) is 10.1 Å². The molecule has 1 aromatic carbocycles. The lowest BCUT2D eigenvalue weighted by Gasteiger charge is -2.12. The molecule has 1 N–H and O–H groups in total. The standard InChI is InChI=1S/C15H17NO/c1-10-7-8-13(9-11(10)2)15(17)14-6-4-5-12(3)16-14/h4-9,15,17H,1-3H3. The average Bonchev–Trinajstić information content (AvgIpc) is 2.32. The van der Waals surface area contributed by atoms with E-state index in [1.165, 1.54) is 11.1 Å². The average molecular weight is 227 g/mol. The maximum absolute atomic E-state index is 10.3. The molecule has 1 unspecified atom stereocenters. The number of aliphatic hydroxyl groups excluding tert-OH is 1. The Morgan fingerprint density at radius 1 is 1.00 bits per heavy atom. The highest BCUT2D eigenvalue weighted by Gasteiger charge is 2.12. The van der Waals surface area contributed by atoms with Gasteiger partial charge in [-0.05, 0) is 49.6 Å². The van der Waals surface area contributed by atoms with Crippen molar-refractivity contribution >= 4 is 0 Å². The van der Waals surface area contributed by atoms with Crippen LogP contribution in [0.15, 0.2) is 36.4 Å². The van der Waals surface area contributed by atoms with Crippen LogP contribution in [0.5, 0.6) is 0 Å². The molecule has 2 heteroatoms. The monoisotopic (exact) mass is 227 g/mol. The lowest BCUT2D eigenvalue weighted by Crippen LogP contribution is -2.03. The zero-order valence-electron chi connectivity index (χ0n) is 10.4. The molecule has 0 aliphatic rings. The molecule has 2 nitrogen and oxygen atoms in total. The van der Waals surface area contributed by atoms with Crippen LogP contribution in [0.3, 0.4) is 0 Å². The second kappa shape index (κ2) is 4.68. The number of nitrogens with zero attached hydrogens (tertiary/aromatic N) is 1. The van der Waals surface area contributed by atoms with Gasteiger partial charge in [0, 0.05) is 5.69 Å². The first-order valence-corrected chi connectivity index (χ1v) is 5.76. The van der Waals surface area contributed by atoms with Gasteiger partial charge in [0.2, 0.25) is 0 Å². The van der Waals surface area contributed by atoms with Crippen molar-refractivity contribution in [3.63, 3.8) is 0 Å². The molecular weight excluding hydrogens is 210 g/mol. The topological polar surface area (TPSA) is 33.1 Å². The number of aliphatic hydroxyl groups is 1. The van der Waals surface area contributed by atoms with E-state index in [0.717, 1.165) is 11.3 Å². The van der Waals surface area contributed by atoms with Crippen LogP contribution in [0.2, 0.25) is 0 Å². The van der Waals surface area contributed by atoms with Crippen LogP contribution >= 0.6 is 0 Å². The quantitative estimate of drug-likeness (QED) is 0.855. The summed E-state index contributed by atoms with van der Waals surface area (Å²) in [5.41, 5.74) is 4.94. The zero-order valence-corrected chi connectivity index (χ0v) is 10.4. The van der Waals surface area contributed by atoms with Gasteiger partial charge in [-0.15, -0.1) is 0 Å². The van der Waals surface area contributed by atoms with E-state index in [-0.39, 0.29) is 0 Å². The smallest absolute Gasteiger partial charge is 0.121 e. The van der Waals surface area contributed by atoms with E-state index in [1.807, 2.05) is 43.3 Å².